The number of para-hydroxylation sites is 1. The number of hydrogen-bond acceptors (Lipinski definition) is 5. The van der Waals surface area contributed by atoms with Crippen LogP contribution in [0.15, 0.2) is 22.6 Å². The van der Waals surface area contributed by atoms with Crippen molar-refractivity contribution in [1.82, 2.24) is 4.98 Å². The van der Waals surface area contributed by atoms with Crippen LogP contribution in [0.4, 0.5) is 11.7 Å². The van der Waals surface area contributed by atoms with Gasteiger partial charge >= 0.3 is 0 Å². The first-order valence-electron chi connectivity index (χ1n) is 7.41. The molecule has 1 heterocycles. The Balaban J connectivity index is 1.82. The van der Waals surface area contributed by atoms with Crippen LogP contribution < -0.4 is 5.32 Å². The summed E-state index contributed by atoms with van der Waals surface area (Å²) < 4.78 is 5.58. The number of rotatable bonds is 5. The zero-order valence-corrected chi connectivity index (χ0v) is 12.1. The van der Waals surface area contributed by atoms with Crippen molar-refractivity contribution in [2.45, 2.75) is 39.0 Å². The third kappa shape index (κ3) is 2.57. The van der Waals surface area contributed by atoms with Crippen molar-refractivity contribution in [2.75, 3.05) is 11.9 Å². The summed E-state index contributed by atoms with van der Waals surface area (Å²) in [6, 6.07) is 5.13. The van der Waals surface area contributed by atoms with Crippen LogP contribution in [0.3, 0.4) is 0 Å². The number of nitrogens with one attached hydrogen (secondary N) is 1. The number of hydrogen-bond donors (Lipinski definition) is 1. The van der Waals surface area contributed by atoms with E-state index in [1.54, 1.807) is 12.1 Å². The van der Waals surface area contributed by atoms with E-state index in [4.69, 9.17) is 4.42 Å². The summed E-state index contributed by atoms with van der Waals surface area (Å²) in [6.07, 6.45) is 6.11. The molecule has 1 saturated carbocycles. The lowest BCUT2D eigenvalue weighted by Gasteiger charge is -2.27. The third-order valence-electron chi connectivity index (χ3n) is 4.62. The normalized spacial score (nSPS) is 17.2. The number of non-ortho nitro benzene ring substituents is 1. The zero-order chi connectivity index (χ0) is 14.9. The maximum atomic E-state index is 11.0. The molecule has 3 rings (SSSR count). The van der Waals surface area contributed by atoms with E-state index in [1.807, 2.05) is 0 Å². The predicted octanol–water partition coefficient (Wildman–Crippen LogP) is 4.12. The molecule has 1 aromatic heterocycles. The van der Waals surface area contributed by atoms with E-state index in [9.17, 15) is 10.1 Å². The minimum absolute atomic E-state index is 0.0182. The molecule has 0 unspecified atom stereocenters. The summed E-state index contributed by atoms with van der Waals surface area (Å²) in [5.41, 5.74) is 1.05. The van der Waals surface area contributed by atoms with Crippen molar-refractivity contribution in [3.8, 4) is 0 Å². The monoisotopic (exact) mass is 289 g/mol. The Morgan fingerprint density at radius 1 is 1.43 bits per heavy atom. The van der Waals surface area contributed by atoms with Gasteiger partial charge < -0.3 is 9.73 Å². The highest BCUT2D eigenvalue weighted by Crippen LogP contribution is 2.41. The number of anilines is 1. The number of nitro benzene ring substituents is 1. The van der Waals surface area contributed by atoms with E-state index in [-0.39, 0.29) is 5.69 Å². The van der Waals surface area contributed by atoms with Gasteiger partial charge in [-0.1, -0.05) is 25.8 Å². The molecule has 0 radical (unpaired) electrons. The van der Waals surface area contributed by atoms with Gasteiger partial charge in [-0.2, -0.15) is 4.98 Å². The highest BCUT2D eigenvalue weighted by atomic mass is 16.6. The Kier molecular flexibility index (Phi) is 3.53. The van der Waals surface area contributed by atoms with E-state index < -0.39 is 4.92 Å². The Labute approximate surface area is 122 Å². The fourth-order valence-corrected chi connectivity index (χ4v) is 3.20. The second kappa shape index (κ2) is 5.35. The molecule has 2 aromatic rings. The van der Waals surface area contributed by atoms with Gasteiger partial charge in [0.05, 0.1) is 4.92 Å². The fourth-order valence-electron chi connectivity index (χ4n) is 3.20. The molecule has 112 valence electrons. The predicted molar refractivity (Wildman–Crippen MR) is 80.3 cm³/mol. The van der Waals surface area contributed by atoms with Gasteiger partial charge in [-0.3, -0.25) is 10.1 Å². The highest BCUT2D eigenvalue weighted by molar-refractivity contribution is 5.83. The average Bonchev–Trinajstić information content (AvgIpc) is 3.11. The largest absolute Gasteiger partial charge is 0.423 e. The van der Waals surface area contributed by atoms with E-state index in [0.717, 1.165) is 13.0 Å². The number of benzene rings is 1. The molecule has 6 nitrogen and oxygen atoms in total. The maximum Gasteiger partial charge on any atom is 0.298 e. The van der Waals surface area contributed by atoms with Crippen molar-refractivity contribution >= 4 is 22.8 Å². The van der Waals surface area contributed by atoms with Crippen LogP contribution in [0.5, 0.6) is 0 Å². The second-order valence-electron chi connectivity index (χ2n) is 5.81. The van der Waals surface area contributed by atoms with Gasteiger partial charge in [0.2, 0.25) is 0 Å². The molecule has 1 aliphatic carbocycles. The van der Waals surface area contributed by atoms with Crippen LogP contribution in [0, 0.1) is 15.5 Å². The first-order chi connectivity index (χ1) is 10.1. The molecule has 6 heteroatoms. The minimum Gasteiger partial charge on any atom is -0.423 e. The topological polar surface area (TPSA) is 81.2 Å². The van der Waals surface area contributed by atoms with Crippen LogP contribution in [0.2, 0.25) is 0 Å². The lowest BCUT2D eigenvalue weighted by atomic mass is 9.83. The summed E-state index contributed by atoms with van der Waals surface area (Å²) in [5, 5.41) is 14.2. The Morgan fingerprint density at radius 2 is 2.19 bits per heavy atom. The summed E-state index contributed by atoms with van der Waals surface area (Å²) in [5.74, 6) is 0. The molecule has 0 atom stereocenters. The molecule has 0 aliphatic heterocycles. The molecule has 1 aromatic carbocycles. The quantitative estimate of drug-likeness (QED) is 0.661. The standard InChI is InChI=1S/C15H19N3O3/c1-2-15(8-3-4-9-15)10-16-14-17-13-11(18(19)20)6-5-7-12(13)21-14/h5-7H,2-4,8-10H2,1H3,(H,16,17). The lowest BCUT2D eigenvalue weighted by molar-refractivity contribution is -0.383. The zero-order valence-electron chi connectivity index (χ0n) is 12.1. The molecule has 1 N–H and O–H groups in total. The minimum atomic E-state index is -0.431. The van der Waals surface area contributed by atoms with Crippen molar-refractivity contribution in [3.63, 3.8) is 0 Å². The summed E-state index contributed by atoms with van der Waals surface area (Å²) in [6.45, 7) is 3.02. The molecule has 0 spiro atoms. The van der Waals surface area contributed by atoms with E-state index in [1.165, 1.54) is 31.7 Å². The smallest absolute Gasteiger partial charge is 0.298 e. The van der Waals surface area contributed by atoms with Crippen LogP contribution in [-0.2, 0) is 0 Å². The summed E-state index contributed by atoms with van der Waals surface area (Å²) in [7, 11) is 0. The van der Waals surface area contributed by atoms with Crippen LogP contribution >= 0.6 is 0 Å². The maximum absolute atomic E-state index is 11.0. The number of nitro groups is 1. The molecule has 1 fully saturated rings. The Hall–Kier alpha value is -2.11. The molecule has 21 heavy (non-hydrogen) atoms. The van der Waals surface area contributed by atoms with Crippen LogP contribution in [-0.4, -0.2) is 16.5 Å². The van der Waals surface area contributed by atoms with Crippen molar-refractivity contribution < 1.29 is 9.34 Å². The van der Waals surface area contributed by atoms with Crippen molar-refractivity contribution in [1.29, 1.82) is 0 Å². The van der Waals surface area contributed by atoms with Crippen LogP contribution in [0.1, 0.15) is 39.0 Å². The van der Waals surface area contributed by atoms with Crippen molar-refractivity contribution in [2.24, 2.45) is 5.41 Å². The SMILES string of the molecule is CCC1(CNc2nc3c([N+](=O)[O-])cccc3o2)CCCC1. The first kappa shape index (κ1) is 13.9. The van der Waals surface area contributed by atoms with Crippen LogP contribution in [0.25, 0.3) is 11.1 Å². The Morgan fingerprint density at radius 3 is 2.86 bits per heavy atom. The molecule has 0 bridgehead atoms. The Bertz CT molecular complexity index is 659. The number of nitrogens with zero attached hydrogens (tertiary/aromatic N) is 2. The highest BCUT2D eigenvalue weighted by Gasteiger charge is 2.32. The first-order valence-corrected chi connectivity index (χ1v) is 7.41. The number of aromatic nitrogens is 1. The van der Waals surface area contributed by atoms with E-state index in [0.29, 0.717) is 22.5 Å². The van der Waals surface area contributed by atoms with Crippen molar-refractivity contribution in [3.05, 3.63) is 28.3 Å². The van der Waals surface area contributed by atoms with Gasteiger partial charge in [0, 0.05) is 12.6 Å². The molecular weight excluding hydrogens is 270 g/mol. The molecule has 0 amide bonds. The fraction of sp³-hybridized carbons (Fsp3) is 0.533. The summed E-state index contributed by atoms with van der Waals surface area (Å²) >= 11 is 0. The van der Waals surface area contributed by atoms with Gasteiger partial charge in [0.15, 0.2) is 11.1 Å². The number of fused-ring (bicyclic) bond motifs is 1. The molecule has 1 aliphatic rings. The van der Waals surface area contributed by atoms with Gasteiger partial charge in [-0.15, -0.1) is 0 Å². The third-order valence-corrected chi connectivity index (χ3v) is 4.62. The van der Waals surface area contributed by atoms with Gasteiger partial charge in [-0.25, -0.2) is 0 Å². The number of oxazole rings is 1. The van der Waals surface area contributed by atoms with Gasteiger partial charge in [-0.05, 0) is 30.7 Å². The summed E-state index contributed by atoms with van der Waals surface area (Å²) in [4.78, 5) is 14.8. The molecule has 0 saturated heterocycles. The average molecular weight is 289 g/mol. The van der Waals surface area contributed by atoms with E-state index in [2.05, 4.69) is 17.2 Å². The molecular formula is C15H19N3O3. The van der Waals surface area contributed by atoms with Gasteiger partial charge in [0.1, 0.15) is 0 Å². The van der Waals surface area contributed by atoms with Gasteiger partial charge in [0.25, 0.3) is 11.7 Å². The van der Waals surface area contributed by atoms with E-state index >= 15 is 0 Å². The lowest BCUT2D eigenvalue weighted by Crippen LogP contribution is -2.25. The second-order valence-corrected chi connectivity index (χ2v) is 5.81.